The fourth-order valence-corrected chi connectivity index (χ4v) is 2.42. The molecule has 2 aromatic rings. The third kappa shape index (κ3) is 6.06. The number of carbonyl (C=O) groups excluding carboxylic acids is 1. The molecular formula is C19H25N3O3. The van der Waals surface area contributed by atoms with Crippen LogP contribution < -0.4 is 5.32 Å². The number of hydrogen-bond acceptors (Lipinski definition) is 3. The molecule has 1 unspecified atom stereocenters. The molecule has 1 amide bonds. The Morgan fingerprint density at radius 1 is 1.24 bits per heavy atom. The molecule has 0 saturated heterocycles. The Labute approximate surface area is 147 Å². The topological polar surface area (TPSA) is 84.2 Å². The Bertz CT molecular complexity index is 701. The van der Waals surface area contributed by atoms with E-state index in [0.29, 0.717) is 24.9 Å². The molecule has 2 rings (SSSR count). The number of aliphatic carboxylic acids is 1. The summed E-state index contributed by atoms with van der Waals surface area (Å²) in [7, 11) is 0. The Morgan fingerprint density at radius 3 is 2.44 bits per heavy atom. The summed E-state index contributed by atoms with van der Waals surface area (Å²) < 4.78 is 1.79. The molecule has 0 aliphatic heterocycles. The number of aromatic nitrogens is 2. The van der Waals surface area contributed by atoms with Gasteiger partial charge in [0.15, 0.2) is 0 Å². The van der Waals surface area contributed by atoms with Crippen molar-refractivity contribution >= 4 is 11.9 Å². The molecular weight excluding hydrogens is 318 g/mol. The molecule has 25 heavy (non-hydrogen) atoms. The molecule has 6 nitrogen and oxygen atoms in total. The van der Waals surface area contributed by atoms with Crippen LogP contribution in [0.2, 0.25) is 0 Å². The zero-order chi connectivity index (χ0) is 18.4. The average Bonchev–Trinajstić information content (AvgIpc) is 3.03. The lowest BCUT2D eigenvalue weighted by molar-refractivity contribution is -0.139. The van der Waals surface area contributed by atoms with E-state index in [4.69, 9.17) is 0 Å². The van der Waals surface area contributed by atoms with Gasteiger partial charge in [-0.1, -0.05) is 32.9 Å². The molecule has 134 valence electrons. The Morgan fingerprint density at radius 2 is 1.92 bits per heavy atom. The minimum absolute atomic E-state index is 0.0204. The highest BCUT2D eigenvalue weighted by Gasteiger charge is 2.23. The first-order valence-corrected chi connectivity index (χ1v) is 8.35. The summed E-state index contributed by atoms with van der Waals surface area (Å²) in [4.78, 5) is 23.7. The maximum absolute atomic E-state index is 12.3. The number of hydrogen-bond donors (Lipinski definition) is 2. The van der Waals surface area contributed by atoms with E-state index in [1.165, 1.54) is 0 Å². The van der Waals surface area contributed by atoms with E-state index in [0.717, 1.165) is 5.56 Å². The van der Waals surface area contributed by atoms with Crippen molar-refractivity contribution in [1.82, 2.24) is 15.1 Å². The van der Waals surface area contributed by atoms with Crippen molar-refractivity contribution in [1.29, 1.82) is 0 Å². The van der Waals surface area contributed by atoms with Gasteiger partial charge < -0.3 is 10.4 Å². The summed E-state index contributed by atoms with van der Waals surface area (Å²) in [6, 6.07) is 8.08. The van der Waals surface area contributed by atoms with Crippen molar-refractivity contribution in [3.63, 3.8) is 0 Å². The molecule has 1 aromatic carbocycles. The van der Waals surface area contributed by atoms with Crippen LogP contribution in [0.1, 0.15) is 49.5 Å². The molecule has 0 spiro atoms. The van der Waals surface area contributed by atoms with Gasteiger partial charge in [0.25, 0.3) is 5.91 Å². The zero-order valence-corrected chi connectivity index (χ0v) is 14.9. The molecule has 1 aromatic heterocycles. The third-order valence-corrected chi connectivity index (χ3v) is 3.91. The van der Waals surface area contributed by atoms with E-state index in [1.54, 1.807) is 23.0 Å². The Kier molecular flexibility index (Phi) is 5.96. The second-order valence-electron chi connectivity index (χ2n) is 7.36. The van der Waals surface area contributed by atoms with Crippen molar-refractivity contribution in [2.45, 2.75) is 46.2 Å². The number of carboxylic acids is 1. The van der Waals surface area contributed by atoms with Crippen molar-refractivity contribution in [2.75, 3.05) is 0 Å². The van der Waals surface area contributed by atoms with Gasteiger partial charge in [0, 0.05) is 18.0 Å². The first-order chi connectivity index (χ1) is 11.7. The van der Waals surface area contributed by atoms with Crippen LogP contribution in [-0.2, 0) is 11.3 Å². The van der Waals surface area contributed by atoms with Gasteiger partial charge in [0.1, 0.15) is 6.04 Å². The molecule has 2 N–H and O–H groups in total. The Hall–Kier alpha value is -2.63. The fourth-order valence-electron chi connectivity index (χ4n) is 2.42. The van der Waals surface area contributed by atoms with Crippen molar-refractivity contribution in [3.05, 3.63) is 53.9 Å². The van der Waals surface area contributed by atoms with Gasteiger partial charge in [-0.05, 0) is 42.0 Å². The lowest BCUT2D eigenvalue weighted by Crippen LogP contribution is -2.41. The monoisotopic (exact) mass is 343 g/mol. The standard InChI is InChI=1S/C19H25N3O3/c1-19(2,3)10-9-16(18(24)25)21-17(23)15-7-5-14(6-8-15)13-22-12-4-11-20-22/h4-8,11-12,16H,9-10,13H2,1-3H3,(H,21,23)(H,24,25). The van der Waals surface area contributed by atoms with Gasteiger partial charge in [-0.25, -0.2) is 4.79 Å². The summed E-state index contributed by atoms with van der Waals surface area (Å²) in [5, 5.41) is 16.1. The van der Waals surface area contributed by atoms with Crippen LogP contribution in [-0.4, -0.2) is 32.8 Å². The van der Waals surface area contributed by atoms with Crippen molar-refractivity contribution in [2.24, 2.45) is 5.41 Å². The molecule has 0 aliphatic rings. The van der Waals surface area contributed by atoms with Crippen molar-refractivity contribution in [3.8, 4) is 0 Å². The number of nitrogens with one attached hydrogen (secondary N) is 1. The summed E-state index contributed by atoms with van der Waals surface area (Å²) in [6.45, 7) is 6.77. The summed E-state index contributed by atoms with van der Waals surface area (Å²) >= 11 is 0. The smallest absolute Gasteiger partial charge is 0.326 e. The lowest BCUT2D eigenvalue weighted by atomic mass is 9.88. The molecule has 0 radical (unpaired) electrons. The number of carboxylic acid groups (broad SMARTS) is 1. The van der Waals surface area contributed by atoms with Crippen LogP contribution in [0.4, 0.5) is 0 Å². The number of nitrogens with zero attached hydrogens (tertiary/aromatic N) is 2. The van der Waals surface area contributed by atoms with E-state index in [9.17, 15) is 14.7 Å². The average molecular weight is 343 g/mol. The zero-order valence-electron chi connectivity index (χ0n) is 14.9. The van der Waals surface area contributed by atoms with Crippen LogP contribution in [0.3, 0.4) is 0 Å². The van der Waals surface area contributed by atoms with Crippen LogP contribution in [0.5, 0.6) is 0 Å². The van der Waals surface area contributed by atoms with E-state index in [-0.39, 0.29) is 11.3 Å². The first-order valence-electron chi connectivity index (χ1n) is 8.35. The number of carbonyl (C=O) groups is 2. The SMILES string of the molecule is CC(C)(C)CCC(NC(=O)c1ccc(Cn2cccn2)cc1)C(=O)O. The van der Waals surface area contributed by atoms with E-state index < -0.39 is 12.0 Å². The predicted molar refractivity (Wildman–Crippen MR) is 95.4 cm³/mol. The highest BCUT2D eigenvalue weighted by molar-refractivity contribution is 5.96. The van der Waals surface area contributed by atoms with Crippen molar-refractivity contribution < 1.29 is 14.7 Å². The normalized spacial score (nSPS) is 12.6. The first kappa shape index (κ1) is 18.7. The molecule has 0 bridgehead atoms. The van der Waals surface area contributed by atoms with E-state index in [1.807, 2.05) is 45.2 Å². The lowest BCUT2D eigenvalue weighted by Gasteiger charge is -2.21. The minimum Gasteiger partial charge on any atom is -0.480 e. The highest BCUT2D eigenvalue weighted by atomic mass is 16.4. The Balaban J connectivity index is 1.97. The van der Waals surface area contributed by atoms with E-state index in [2.05, 4.69) is 10.4 Å². The summed E-state index contributed by atoms with van der Waals surface area (Å²) in [5.41, 5.74) is 1.49. The summed E-state index contributed by atoms with van der Waals surface area (Å²) in [5.74, 6) is -1.38. The van der Waals surface area contributed by atoms with Gasteiger partial charge >= 0.3 is 5.97 Å². The quantitative estimate of drug-likeness (QED) is 0.809. The number of rotatable bonds is 7. The van der Waals surface area contributed by atoms with Gasteiger partial charge in [0.2, 0.25) is 0 Å². The highest BCUT2D eigenvalue weighted by Crippen LogP contribution is 2.21. The van der Waals surface area contributed by atoms with Crippen LogP contribution in [0.15, 0.2) is 42.7 Å². The number of benzene rings is 1. The summed E-state index contributed by atoms with van der Waals surface area (Å²) in [6.07, 6.45) is 4.70. The van der Waals surface area contributed by atoms with Gasteiger partial charge in [-0.2, -0.15) is 5.10 Å². The van der Waals surface area contributed by atoms with E-state index >= 15 is 0 Å². The van der Waals surface area contributed by atoms with Gasteiger partial charge in [0.05, 0.1) is 6.54 Å². The third-order valence-electron chi connectivity index (χ3n) is 3.91. The predicted octanol–water partition coefficient (Wildman–Crippen LogP) is 2.94. The largest absolute Gasteiger partial charge is 0.480 e. The molecule has 1 atom stereocenters. The van der Waals surface area contributed by atoms with Crippen LogP contribution in [0, 0.1) is 5.41 Å². The maximum Gasteiger partial charge on any atom is 0.326 e. The molecule has 0 fully saturated rings. The molecule has 0 aliphatic carbocycles. The molecule has 6 heteroatoms. The molecule has 0 saturated carbocycles. The second-order valence-corrected chi connectivity index (χ2v) is 7.36. The minimum atomic E-state index is -1.01. The van der Waals surface area contributed by atoms with Gasteiger partial charge in [-0.3, -0.25) is 9.48 Å². The number of amides is 1. The maximum atomic E-state index is 12.3. The molecule has 1 heterocycles. The van der Waals surface area contributed by atoms with Gasteiger partial charge in [-0.15, -0.1) is 0 Å². The van der Waals surface area contributed by atoms with Crippen LogP contribution >= 0.6 is 0 Å². The fraction of sp³-hybridized carbons (Fsp3) is 0.421. The van der Waals surface area contributed by atoms with Crippen LogP contribution in [0.25, 0.3) is 0 Å². The second kappa shape index (κ2) is 7.96.